The Kier molecular flexibility index (Phi) is 6.15. The number of rotatable bonds is 6. The van der Waals surface area contributed by atoms with Crippen LogP contribution in [-0.2, 0) is 6.61 Å². The zero-order valence-electron chi connectivity index (χ0n) is 16.0. The summed E-state index contributed by atoms with van der Waals surface area (Å²) >= 11 is 3.46. The Morgan fingerprint density at radius 3 is 2.73 bits per heavy atom. The molecule has 1 aromatic heterocycles. The van der Waals surface area contributed by atoms with Gasteiger partial charge in [0, 0.05) is 15.4 Å². The molecular formula is C24H18BrN3O2. The number of ether oxygens (including phenoxy) is 1. The molecule has 0 fully saturated rings. The van der Waals surface area contributed by atoms with E-state index in [2.05, 4.69) is 31.4 Å². The van der Waals surface area contributed by atoms with Gasteiger partial charge in [0.1, 0.15) is 18.1 Å². The van der Waals surface area contributed by atoms with Crippen molar-refractivity contribution in [2.24, 2.45) is 5.10 Å². The smallest absolute Gasteiger partial charge is 0.289 e. The van der Waals surface area contributed by atoms with Crippen molar-refractivity contribution in [3.8, 4) is 5.75 Å². The number of fused-ring (bicyclic) bond motifs is 1. The van der Waals surface area contributed by atoms with Crippen LogP contribution in [0.15, 0.2) is 94.5 Å². The van der Waals surface area contributed by atoms with Crippen molar-refractivity contribution in [1.29, 1.82) is 0 Å². The number of nitrogens with zero attached hydrogens (tertiary/aromatic N) is 2. The molecule has 0 aliphatic carbocycles. The van der Waals surface area contributed by atoms with Crippen molar-refractivity contribution in [2.75, 3.05) is 0 Å². The lowest BCUT2D eigenvalue weighted by Gasteiger charge is -2.09. The van der Waals surface area contributed by atoms with E-state index in [1.807, 2.05) is 78.9 Å². The van der Waals surface area contributed by atoms with Crippen LogP contribution >= 0.6 is 15.9 Å². The summed E-state index contributed by atoms with van der Waals surface area (Å²) in [6, 6.07) is 26.7. The minimum Gasteiger partial charge on any atom is -0.488 e. The lowest BCUT2D eigenvalue weighted by Crippen LogP contribution is -2.19. The summed E-state index contributed by atoms with van der Waals surface area (Å²) in [7, 11) is 0. The standard InChI is InChI=1S/C24H18BrN3O2/c25-20-9-5-6-17(14-20)16-30-23-11-4-2-8-19(23)15-26-28-24(29)22-13-12-18-7-1-3-10-21(18)27-22/h1-15H,16H2,(H,28,29). The third-order valence-electron chi connectivity index (χ3n) is 4.40. The van der Waals surface area contributed by atoms with E-state index in [1.165, 1.54) is 0 Å². The predicted octanol–water partition coefficient (Wildman–Crippen LogP) is 5.34. The molecule has 1 heterocycles. The van der Waals surface area contributed by atoms with Gasteiger partial charge < -0.3 is 4.74 Å². The number of hydrogen-bond donors (Lipinski definition) is 1. The quantitative estimate of drug-likeness (QED) is 0.312. The molecule has 0 aliphatic heterocycles. The minimum absolute atomic E-state index is 0.310. The van der Waals surface area contributed by atoms with E-state index in [9.17, 15) is 4.79 Å². The van der Waals surface area contributed by atoms with Crippen molar-refractivity contribution >= 4 is 39.0 Å². The highest BCUT2D eigenvalue weighted by atomic mass is 79.9. The third-order valence-corrected chi connectivity index (χ3v) is 4.90. The van der Waals surface area contributed by atoms with Gasteiger partial charge in [-0.3, -0.25) is 4.79 Å². The Balaban J connectivity index is 1.42. The van der Waals surface area contributed by atoms with Crippen molar-refractivity contribution in [3.63, 3.8) is 0 Å². The second kappa shape index (κ2) is 9.33. The molecule has 1 N–H and O–H groups in total. The number of hydrazone groups is 1. The van der Waals surface area contributed by atoms with Crippen LogP contribution in [0.5, 0.6) is 5.75 Å². The molecule has 3 aromatic carbocycles. The Morgan fingerprint density at radius 2 is 1.83 bits per heavy atom. The summed E-state index contributed by atoms with van der Waals surface area (Å²) in [6.45, 7) is 0.428. The topological polar surface area (TPSA) is 63.6 Å². The van der Waals surface area contributed by atoms with Gasteiger partial charge in [-0.2, -0.15) is 5.10 Å². The van der Waals surface area contributed by atoms with Crippen molar-refractivity contribution < 1.29 is 9.53 Å². The molecule has 1 amide bonds. The third kappa shape index (κ3) is 4.90. The molecule has 148 valence electrons. The fourth-order valence-electron chi connectivity index (χ4n) is 2.92. The van der Waals surface area contributed by atoms with Gasteiger partial charge in [0.25, 0.3) is 5.91 Å². The first-order chi connectivity index (χ1) is 14.7. The van der Waals surface area contributed by atoms with Crippen LogP contribution in [0.4, 0.5) is 0 Å². The van der Waals surface area contributed by atoms with Crippen LogP contribution < -0.4 is 10.2 Å². The summed E-state index contributed by atoms with van der Waals surface area (Å²) in [4.78, 5) is 16.8. The molecule has 0 bridgehead atoms. The molecule has 0 unspecified atom stereocenters. The average molecular weight is 460 g/mol. The summed E-state index contributed by atoms with van der Waals surface area (Å²) < 4.78 is 6.93. The molecular weight excluding hydrogens is 442 g/mol. The molecule has 0 spiro atoms. The number of pyridine rings is 1. The lowest BCUT2D eigenvalue weighted by molar-refractivity contribution is 0.0950. The van der Waals surface area contributed by atoms with E-state index >= 15 is 0 Å². The number of hydrogen-bond acceptors (Lipinski definition) is 4. The molecule has 0 saturated heterocycles. The van der Waals surface area contributed by atoms with E-state index in [0.29, 0.717) is 18.1 Å². The van der Waals surface area contributed by atoms with Crippen LogP contribution in [0.2, 0.25) is 0 Å². The van der Waals surface area contributed by atoms with Gasteiger partial charge in [-0.1, -0.05) is 64.5 Å². The van der Waals surface area contributed by atoms with Crippen molar-refractivity contribution in [2.45, 2.75) is 6.61 Å². The fraction of sp³-hybridized carbons (Fsp3) is 0.0417. The summed E-state index contributed by atoms with van der Waals surface area (Å²) in [6.07, 6.45) is 1.56. The van der Waals surface area contributed by atoms with Crippen LogP contribution in [-0.4, -0.2) is 17.1 Å². The van der Waals surface area contributed by atoms with E-state index in [-0.39, 0.29) is 5.91 Å². The van der Waals surface area contributed by atoms with E-state index in [4.69, 9.17) is 4.74 Å². The first kappa shape index (κ1) is 19.8. The maximum atomic E-state index is 12.4. The number of nitrogens with one attached hydrogen (secondary N) is 1. The SMILES string of the molecule is O=C(NN=Cc1ccccc1OCc1cccc(Br)c1)c1ccc2ccccc2n1. The van der Waals surface area contributed by atoms with Gasteiger partial charge in [-0.15, -0.1) is 0 Å². The normalized spacial score (nSPS) is 11.0. The van der Waals surface area contributed by atoms with Gasteiger partial charge in [0.15, 0.2) is 0 Å². The van der Waals surface area contributed by atoms with Crippen LogP contribution in [0.25, 0.3) is 10.9 Å². The predicted molar refractivity (Wildman–Crippen MR) is 122 cm³/mol. The number of benzene rings is 3. The van der Waals surface area contributed by atoms with E-state index in [1.54, 1.807) is 12.3 Å². The molecule has 4 rings (SSSR count). The fourth-order valence-corrected chi connectivity index (χ4v) is 3.36. The molecule has 5 nitrogen and oxygen atoms in total. The number of carbonyl (C=O) groups excluding carboxylic acids is 1. The Bertz CT molecular complexity index is 1220. The maximum Gasteiger partial charge on any atom is 0.289 e. The average Bonchev–Trinajstić information content (AvgIpc) is 2.78. The summed E-state index contributed by atoms with van der Waals surface area (Å²) in [5, 5.41) is 5.06. The van der Waals surface area contributed by atoms with E-state index < -0.39 is 0 Å². The van der Waals surface area contributed by atoms with Gasteiger partial charge in [0.2, 0.25) is 0 Å². The summed E-state index contributed by atoms with van der Waals surface area (Å²) in [5.74, 6) is 0.309. The van der Waals surface area contributed by atoms with Crippen molar-refractivity contribution in [3.05, 3.63) is 106 Å². The van der Waals surface area contributed by atoms with Crippen LogP contribution in [0.1, 0.15) is 21.6 Å². The van der Waals surface area contributed by atoms with Gasteiger partial charge in [-0.25, -0.2) is 10.4 Å². The van der Waals surface area contributed by atoms with Crippen molar-refractivity contribution in [1.82, 2.24) is 10.4 Å². The zero-order valence-corrected chi connectivity index (χ0v) is 17.5. The highest BCUT2D eigenvalue weighted by Gasteiger charge is 2.07. The second-order valence-corrected chi connectivity index (χ2v) is 7.46. The maximum absolute atomic E-state index is 12.4. The molecule has 4 aromatic rings. The Hall–Kier alpha value is -3.51. The number of carbonyl (C=O) groups is 1. The number of halogens is 1. The second-order valence-electron chi connectivity index (χ2n) is 6.54. The highest BCUT2D eigenvalue weighted by Crippen LogP contribution is 2.19. The molecule has 0 atom stereocenters. The lowest BCUT2D eigenvalue weighted by atomic mass is 10.2. The first-order valence-corrected chi connectivity index (χ1v) is 10.1. The summed E-state index contributed by atoms with van der Waals surface area (Å²) in [5.41, 5.74) is 5.41. The zero-order chi connectivity index (χ0) is 20.8. The van der Waals surface area contributed by atoms with E-state index in [0.717, 1.165) is 26.5 Å². The van der Waals surface area contributed by atoms with Gasteiger partial charge >= 0.3 is 0 Å². The first-order valence-electron chi connectivity index (χ1n) is 9.34. The molecule has 0 saturated carbocycles. The molecule has 30 heavy (non-hydrogen) atoms. The van der Waals surface area contributed by atoms with Crippen LogP contribution in [0.3, 0.4) is 0 Å². The van der Waals surface area contributed by atoms with Crippen LogP contribution in [0, 0.1) is 0 Å². The Morgan fingerprint density at radius 1 is 1.00 bits per heavy atom. The van der Waals surface area contributed by atoms with Gasteiger partial charge in [-0.05, 0) is 42.0 Å². The molecule has 0 radical (unpaired) electrons. The molecule has 0 aliphatic rings. The largest absolute Gasteiger partial charge is 0.488 e. The minimum atomic E-state index is -0.371. The monoisotopic (exact) mass is 459 g/mol. The highest BCUT2D eigenvalue weighted by molar-refractivity contribution is 9.10. The van der Waals surface area contributed by atoms with Gasteiger partial charge in [0.05, 0.1) is 11.7 Å². The molecule has 6 heteroatoms. The Labute approximate surface area is 182 Å². The number of amides is 1. The number of aromatic nitrogens is 1. The number of para-hydroxylation sites is 2.